The Morgan fingerprint density at radius 2 is 1.96 bits per heavy atom. The Hall–Kier alpha value is -2.94. The first kappa shape index (κ1) is 15.9. The largest absolute Gasteiger partial charge is 0.508 e. The third-order valence-corrected chi connectivity index (χ3v) is 3.61. The van der Waals surface area contributed by atoms with Crippen molar-refractivity contribution in [1.29, 1.82) is 0 Å². The minimum Gasteiger partial charge on any atom is -0.508 e. The summed E-state index contributed by atoms with van der Waals surface area (Å²) >= 11 is 0. The molecule has 24 heavy (non-hydrogen) atoms. The lowest BCUT2D eigenvalue weighted by Crippen LogP contribution is -2.38. The minimum absolute atomic E-state index is 0.0616. The summed E-state index contributed by atoms with van der Waals surface area (Å²) in [6.07, 6.45) is 0. The molecule has 3 rings (SSSR count). The van der Waals surface area contributed by atoms with Gasteiger partial charge in [-0.15, -0.1) is 0 Å². The van der Waals surface area contributed by atoms with E-state index in [-0.39, 0.29) is 23.0 Å². The standard InChI is InChI=1S/C15H18N6O3/c1-9-17-14(19-15(18-9)21-4-6-24-7-5-21)13(20-16)11-3-2-10(22)8-12(11)23/h2-3,8,22-23H,4-7,16H2,1H3. The summed E-state index contributed by atoms with van der Waals surface area (Å²) in [5.41, 5.74) is 0.543. The van der Waals surface area contributed by atoms with Crippen molar-refractivity contribution in [3.05, 3.63) is 35.4 Å². The average molecular weight is 330 g/mol. The molecule has 0 bridgehead atoms. The van der Waals surface area contributed by atoms with Gasteiger partial charge in [0.2, 0.25) is 5.95 Å². The molecule has 0 saturated carbocycles. The lowest BCUT2D eigenvalue weighted by Gasteiger charge is -2.27. The van der Waals surface area contributed by atoms with E-state index < -0.39 is 0 Å². The number of nitrogens with two attached hydrogens (primary N) is 1. The van der Waals surface area contributed by atoms with Gasteiger partial charge in [-0.05, 0) is 19.1 Å². The number of phenols is 2. The summed E-state index contributed by atoms with van der Waals surface area (Å²) in [6.45, 7) is 4.33. The number of benzene rings is 1. The minimum atomic E-state index is -0.162. The summed E-state index contributed by atoms with van der Waals surface area (Å²) in [5.74, 6) is 6.56. The van der Waals surface area contributed by atoms with Gasteiger partial charge in [0.05, 0.1) is 13.2 Å². The van der Waals surface area contributed by atoms with Crippen molar-refractivity contribution in [2.24, 2.45) is 10.9 Å². The molecule has 2 heterocycles. The number of hydrogen-bond acceptors (Lipinski definition) is 9. The predicted molar refractivity (Wildman–Crippen MR) is 87.2 cm³/mol. The number of rotatable bonds is 3. The van der Waals surface area contributed by atoms with Gasteiger partial charge in [-0.2, -0.15) is 15.1 Å². The van der Waals surface area contributed by atoms with E-state index in [1.54, 1.807) is 6.92 Å². The molecule has 0 spiro atoms. The fourth-order valence-corrected chi connectivity index (χ4v) is 2.45. The highest BCUT2D eigenvalue weighted by atomic mass is 16.5. The lowest BCUT2D eigenvalue weighted by molar-refractivity contribution is 0.122. The maximum absolute atomic E-state index is 10.0. The number of aromatic nitrogens is 3. The zero-order valence-corrected chi connectivity index (χ0v) is 13.2. The molecule has 0 unspecified atom stereocenters. The van der Waals surface area contributed by atoms with Crippen LogP contribution in [-0.2, 0) is 4.74 Å². The van der Waals surface area contributed by atoms with Crippen molar-refractivity contribution >= 4 is 11.7 Å². The molecule has 0 radical (unpaired) electrons. The van der Waals surface area contributed by atoms with Gasteiger partial charge in [0.1, 0.15) is 23.0 Å². The van der Waals surface area contributed by atoms with E-state index in [0.717, 1.165) is 0 Å². The van der Waals surface area contributed by atoms with Gasteiger partial charge >= 0.3 is 0 Å². The Kier molecular flexibility index (Phi) is 4.43. The second kappa shape index (κ2) is 6.67. The van der Waals surface area contributed by atoms with Crippen LogP contribution in [0.25, 0.3) is 0 Å². The number of phenolic OH excluding ortho intramolecular Hbond substituents is 2. The third-order valence-electron chi connectivity index (χ3n) is 3.61. The number of hydrogen-bond donors (Lipinski definition) is 3. The molecule has 126 valence electrons. The van der Waals surface area contributed by atoms with Crippen LogP contribution in [0.1, 0.15) is 17.2 Å². The van der Waals surface area contributed by atoms with Crippen molar-refractivity contribution in [3.63, 3.8) is 0 Å². The Balaban J connectivity index is 2.01. The molecule has 1 saturated heterocycles. The zero-order valence-electron chi connectivity index (χ0n) is 13.2. The molecule has 1 aliphatic heterocycles. The van der Waals surface area contributed by atoms with Crippen molar-refractivity contribution < 1.29 is 14.9 Å². The van der Waals surface area contributed by atoms with Crippen LogP contribution in [-0.4, -0.2) is 57.2 Å². The number of anilines is 1. The van der Waals surface area contributed by atoms with Crippen LogP contribution in [0.3, 0.4) is 0 Å². The fraction of sp³-hybridized carbons (Fsp3) is 0.333. The maximum atomic E-state index is 10.0. The normalized spacial score (nSPS) is 15.5. The van der Waals surface area contributed by atoms with Crippen LogP contribution in [0.4, 0.5) is 5.95 Å². The highest BCUT2D eigenvalue weighted by Crippen LogP contribution is 2.25. The number of ether oxygens (including phenoxy) is 1. The number of aromatic hydroxyl groups is 2. The summed E-state index contributed by atoms with van der Waals surface area (Å²) in [6, 6.07) is 4.14. The van der Waals surface area contributed by atoms with Gasteiger partial charge in [-0.25, -0.2) is 4.98 Å². The Bertz CT molecular complexity index is 774. The summed E-state index contributed by atoms with van der Waals surface area (Å²) < 4.78 is 5.33. The van der Waals surface area contributed by atoms with E-state index in [1.807, 2.05) is 4.90 Å². The van der Waals surface area contributed by atoms with E-state index >= 15 is 0 Å². The molecule has 1 fully saturated rings. The fourth-order valence-electron chi connectivity index (χ4n) is 2.45. The van der Waals surface area contributed by atoms with Crippen LogP contribution in [0.5, 0.6) is 11.5 Å². The van der Waals surface area contributed by atoms with Gasteiger partial charge in [0.25, 0.3) is 0 Å². The summed E-state index contributed by atoms with van der Waals surface area (Å²) in [5, 5.41) is 23.2. The number of aryl methyl sites for hydroxylation is 1. The second-order valence-electron chi connectivity index (χ2n) is 5.28. The van der Waals surface area contributed by atoms with E-state index in [1.165, 1.54) is 18.2 Å². The maximum Gasteiger partial charge on any atom is 0.229 e. The van der Waals surface area contributed by atoms with Crippen LogP contribution in [0, 0.1) is 6.92 Å². The van der Waals surface area contributed by atoms with Gasteiger partial charge in [-0.3, -0.25) is 0 Å². The molecule has 1 aromatic carbocycles. The highest BCUT2D eigenvalue weighted by molar-refractivity contribution is 6.12. The molecule has 1 aromatic heterocycles. The monoisotopic (exact) mass is 330 g/mol. The quantitative estimate of drug-likeness (QED) is 0.411. The predicted octanol–water partition coefficient (Wildman–Crippen LogP) is 0.139. The first-order valence-electron chi connectivity index (χ1n) is 7.44. The van der Waals surface area contributed by atoms with Crippen molar-refractivity contribution in [2.45, 2.75) is 6.92 Å². The third kappa shape index (κ3) is 3.20. The smallest absolute Gasteiger partial charge is 0.229 e. The number of nitrogens with zero attached hydrogens (tertiary/aromatic N) is 5. The Morgan fingerprint density at radius 3 is 2.62 bits per heavy atom. The molecule has 4 N–H and O–H groups in total. The topological polar surface area (TPSA) is 130 Å². The number of hydrazone groups is 1. The lowest BCUT2D eigenvalue weighted by atomic mass is 10.1. The Labute approximate surface area is 138 Å². The van der Waals surface area contributed by atoms with Crippen molar-refractivity contribution in [2.75, 3.05) is 31.2 Å². The van der Waals surface area contributed by atoms with E-state index in [2.05, 4.69) is 20.1 Å². The molecule has 0 aliphatic carbocycles. The van der Waals surface area contributed by atoms with Gasteiger partial charge < -0.3 is 25.7 Å². The molecular weight excluding hydrogens is 312 g/mol. The zero-order chi connectivity index (χ0) is 17.1. The Morgan fingerprint density at radius 1 is 1.21 bits per heavy atom. The van der Waals surface area contributed by atoms with Crippen LogP contribution < -0.4 is 10.7 Å². The van der Waals surface area contributed by atoms with Crippen LogP contribution in [0.15, 0.2) is 23.3 Å². The van der Waals surface area contributed by atoms with E-state index in [4.69, 9.17) is 10.6 Å². The van der Waals surface area contributed by atoms with Gasteiger partial charge in [0, 0.05) is 24.7 Å². The number of morpholine rings is 1. The van der Waals surface area contributed by atoms with Gasteiger partial charge in [0.15, 0.2) is 5.82 Å². The first-order chi connectivity index (χ1) is 11.6. The average Bonchev–Trinajstić information content (AvgIpc) is 2.58. The molecule has 9 nitrogen and oxygen atoms in total. The van der Waals surface area contributed by atoms with Crippen LogP contribution in [0.2, 0.25) is 0 Å². The molecular formula is C15H18N6O3. The van der Waals surface area contributed by atoms with Crippen molar-refractivity contribution in [1.82, 2.24) is 15.0 Å². The second-order valence-corrected chi connectivity index (χ2v) is 5.28. The molecule has 9 heteroatoms. The molecule has 0 amide bonds. The SMILES string of the molecule is Cc1nc(C(=NN)c2ccc(O)cc2O)nc(N2CCOCC2)n1. The van der Waals surface area contributed by atoms with Crippen LogP contribution >= 0.6 is 0 Å². The molecule has 0 atom stereocenters. The summed E-state index contributed by atoms with van der Waals surface area (Å²) in [4.78, 5) is 15.1. The first-order valence-corrected chi connectivity index (χ1v) is 7.44. The van der Waals surface area contributed by atoms with Crippen molar-refractivity contribution in [3.8, 4) is 11.5 Å². The van der Waals surface area contributed by atoms with E-state index in [9.17, 15) is 10.2 Å². The summed E-state index contributed by atoms with van der Waals surface area (Å²) in [7, 11) is 0. The van der Waals surface area contributed by atoms with Gasteiger partial charge in [-0.1, -0.05) is 0 Å². The van der Waals surface area contributed by atoms with E-state index in [0.29, 0.717) is 43.6 Å². The highest BCUT2D eigenvalue weighted by Gasteiger charge is 2.20. The molecule has 1 aliphatic rings. The molecule has 2 aromatic rings.